The Kier molecular flexibility index (Phi) is 3.30. The highest BCUT2D eigenvalue weighted by Crippen LogP contribution is 2.31. The molecule has 1 aliphatic heterocycles. The molecular weight excluding hydrogens is 254 g/mol. The van der Waals surface area contributed by atoms with Crippen molar-refractivity contribution in [2.45, 2.75) is 12.8 Å². The molecular formula is C11H11N3O3S. The topological polar surface area (TPSA) is 96.4 Å². The first-order valence-electron chi connectivity index (χ1n) is 5.45. The first-order valence-corrected chi connectivity index (χ1v) is 7.30. The Bertz CT molecular complexity index is 642. The highest BCUT2D eigenvalue weighted by Gasteiger charge is 2.20. The molecule has 94 valence electrons. The summed E-state index contributed by atoms with van der Waals surface area (Å²) in [5.41, 5.74) is 0.120. The molecule has 6 nitrogen and oxygen atoms in total. The van der Waals surface area contributed by atoms with E-state index in [1.807, 2.05) is 6.07 Å². The Morgan fingerprint density at radius 1 is 1.39 bits per heavy atom. The highest BCUT2D eigenvalue weighted by atomic mass is 32.2. The summed E-state index contributed by atoms with van der Waals surface area (Å²) >= 11 is 0. The van der Waals surface area contributed by atoms with Gasteiger partial charge in [0.1, 0.15) is 0 Å². The highest BCUT2D eigenvalue weighted by molar-refractivity contribution is 7.93. The minimum absolute atomic E-state index is 0.0472. The van der Waals surface area contributed by atoms with E-state index in [2.05, 4.69) is 4.36 Å². The van der Waals surface area contributed by atoms with Crippen molar-refractivity contribution in [1.29, 1.82) is 5.26 Å². The molecule has 0 radical (unpaired) electrons. The third-order valence-corrected chi connectivity index (χ3v) is 5.13. The first kappa shape index (κ1) is 12.5. The van der Waals surface area contributed by atoms with Gasteiger partial charge in [0.15, 0.2) is 5.69 Å². The molecule has 1 saturated heterocycles. The van der Waals surface area contributed by atoms with Crippen LogP contribution in [0.3, 0.4) is 0 Å². The molecule has 1 heterocycles. The molecule has 2 rings (SSSR count). The molecule has 1 aromatic rings. The van der Waals surface area contributed by atoms with Gasteiger partial charge >= 0.3 is 0 Å². The monoisotopic (exact) mass is 265 g/mol. The van der Waals surface area contributed by atoms with Gasteiger partial charge in [0.25, 0.3) is 5.69 Å². The van der Waals surface area contributed by atoms with Crippen LogP contribution >= 0.6 is 0 Å². The van der Waals surface area contributed by atoms with Crippen molar-refractivity contribution in [1.82, 2.24) is 0 Å². The van der Waals surface area contributed by atoms with E-state index in [1.165, 1.54) is 18.2 Å². The second kappa shape index (κ2) is 4.74. The van der Waals surface area contributed by atoms with Gasteiger partial charge in [0.05, 0.1) is 26.3 Å². The van der Waals surface area contributed by atoms with E-state index >= 15 is 0 Å². The molecule has 0 amide bonds. The second-order valence-corrected chi connectivity index (χ2v) is 6.60. The largest absolute Gasteiger partial charge is 0.295 e. The average Bonchev–Trinajstić information content (AvgIpc) is 2.75. The summed E-state index contributed by atoms with van der Waals surface area (Å²) in [6.45, 7) is 0. The smallest absolute Gasteiger partial charge is 0.258 e. The van der Waals surface area contributed by atoms with Crippen LogP contribution in [0.4, 0.5) is 11.4 Å². The maximum atomic E-state index is 12.3. The predicted octanol–water partition coefficient (Wildman–Crippen LogP) is 2.36. The molecule has 0 bridgehead atoms. The van der Waals surface area contributed by atoms with Crippen LogP contribution in [0.1, 0.15) is 18.4 Å². The SMILES string of the molecule is N#Cc1ccc([N+](=O)[O-])c(N=S2(=O)CCCC2)c1. The number of nitro benzene ring substituents is 1. The molecule has 0 aromatic heterocycles. The van der Waals surface area contributed by atoms with Gasteiger partial charge in [-0.15, -0.1) is 0 Å². The van der Waals surface area contributed by atoms with Crippen molar-refractivity contribution in [3.05, 3.63) is 33.9 Å². The quantitative estimate of drug-likeness (QED) is 0.605. The van der Waals surface area contributed by atoms with E-state index in [0.717, 1.165) is 12.8 Å². The zero-order valence-corrected chi connectivity index (χ0v) is 10.4. The summed E-state index contributed by atoms with van der Waals surface area (Å²) in [7, 11) is -2.38. The number of hydrogen-bond donors (Lipinski definition) is 0. The van der Waals surface area contributed by atoms with Crippen LogP contribution in [-0.2, 0) is 9.73 Å². The minimum Gasteiger partial charge on any atom is -0.258 e. The third-order valence-electron chi connectivity index (χ3n) is 2.74. The van der Waals surface area contributed by atoms with Gasteiger partial charge in [0.2, 0.25) is 0 Å². The van der Waals surface area contributed by atoms with E-state index in [1.54, 1.807) is 0 Å². The van der Waals surface area contributed by atoms with Gasteiger partial charge in [-0.05, 0) is 25.0 Å². The molecule has 18 heavy (non-hydrogen) atoms. The molecule has 0 saturated carbocycles. The second-order valence-electron chi connectivity index (χ2n) is 4.05. The van der Waals surface area contributed by atoms with Crippen LogP contribution in [0.2, 0.25) is 0 Å². The third kappa shape index (κ3) is 2.49. The lowest BCUT2D eigenvalue weighted by atomic mass is 10.2. The maximum Gasteiger partial charge on any atom is 0.295 e. The van der Waals surface area contributed by atoms with Crippen LogP contribution in [0.5, 0.6) is 0 Å². The number of rotatable bonds is 2. The summed E-state index contributed by atoms with van der Waals surface area (Å²) in [4.78, 5) is 10.3. The van der Waals surface area contributed by atoms with E-state index in [0.29, 0.717) is 11.5 Å². The number of nitro groups is 1. The molecule has 1 fully saturated rings. The zero-order valence-electron chi connectivity index (χ0n) is 9.54. The Morgan fingerprint density at radius 3 is 2.61 bits per heavy atom. The van der Waals surface area contributed by atoms with Crippen molar-refractivity contribution in [2.75, 3.05) is 11.5 Å². The number of hydrogen-bond acceptors (Lipinski definition) is 5. The van der Waals surface area contributed by atoms with Crippen LogP contribution in [0, 0.1) is 21.4 Å². The normalized spacial score (nSPS) is 17.1. The summed E-state index contributed by atoms with van der Waals surface area (Å²) < 4.78 is 16.3. The minimum atomic E-state index is -2.38. The van der Waals surface area contributed by atoms with E-state index < -0.39 is 14.7 Å². The van der Waals surface area contributed by atoms with Gasteiger partial charge in [-0.3, -0.25) is 10.1 Å². The zero-order chi connectivity index (χ0) is 13.2. The fraction of sp³-hybridized carbons (Fsp3) is 0.364. The average molecular weight is 265 g/mol. The van der Waals surface area contributed by atoms with Crippen molar-refractivity contribution in [2.24, 2.45) is 4.36 Å². The van der Waals surface area contributed by atoms with Crippen LogP contribution in [-0.4, -0.2) is 20.6 Å². The lowest BCUT2D eigenvalue weighted by molar-refractivity contribution is -0.384. The molecule has 0 spiro atoms. The van der Waals surface area contributed by atoms with Crippen molar-refractivity contribution < 1.29 is 9.13 Å². The van der Waals surface area contributed by atoms with Crippen LogP contribution < -0.4 is 0 Å². The fourth-order valence-corrected chi connectivity index (χ4v) is 4.05. The summed E-state index contributed by atoms with van der Waals surface area (Å²) in [6.07, 6.45) is 1.65. The van der Waals surface area contributed by atoms with Crippen molar-refractivity contribution >= 4 is 21.1 Å². The summed E-state index contributed by atoms with van der Waals surface area (Å²) in [6, 6.07) is 5.81. The van der Waals surface area contributed by atoms with Crippen LogP contribution in [0.15, 0.2) is 22.6 Å². The fourth-order valence-electron chi connectivity index (χ4n) is 1.85. The number of benzene rings is 1. The Balaban J connectivity index is 2.58. The lowest BCUT2D eigenvalue weighted by Gasteiger charge is -2.02. The summed E-state index contributed by atoms with van der Waals surface area (Å²) in [5, 5.41) is 19.7. The Hall–Kier alpha value is -1.94. The van der Waals surface area contributed by atoms with E-state index in [-0.39, 0.29) is 16.9 Å². The molecule has 0 atom stereocenters. The van der Waals surface area contributed by atoms with Gasteiger partial charge in [-0.1, -0.05) is 0 Å². The first-order chi connectivity index (χ1) is 8.54. The Morgan fingerprint density at radius 2 is 2.06 bits per heavy atom. The Labute approximate surface area is 105 Å². The van der Waals surface area contributed by atoms with Gasteiger partial charge in [0, 0.05) is 17.6 Å². The maximum absolute atomic E-state index is 12.3. The van der Waals surface area contributed by atoms with Gasteiger partial charge < -0.3 is 0 Å². The molecule has 0 aliphatic carbocycles. The molecule has 1 aliphatic rings. The molecule has 0 N–H and O–H groups in total. The molecule has 0 unspecified atom stereocenters. The van der Waals surface area contributed by atoms with E-state index in [4.69, 9.17) is 5.26 Å². The predicted molar refractivity (Wildman–Crippen MR) is 67.0 cm³/mol. The number of nitrogens with zero attached hydrogens (tertiary/aromatic N) is 3. The molecule has 1 aromatic carbocycles. The molecule has 7 heteroatoms. The van der Waals surface area contributed by atoms with Gasteiger partial charge in [-0.2, -0.15) is 9.62 Å². The van der Waals surface area contributed by atoms with Gasteiger partial charge in [-0.25, -0.2) is 4.21 Å². The van der Waals surface area contributed by atoms with E-state index in [9.17, 15) is 14.3 Å². The van der Waals surface area contributed by atoms with Crippen molar-refractivity contribution in [3.8, 4) is 6.07 Å². The standard InChI is InChI=1S/C11H11N3O3S/c12-8-9-3-4-11(14(15)16)10(7-9)13-18(17)5-1-2-6-18/h3-4,7H,1-2,5-6H2. The summed E-state index contributed by atoms with van der Waals surface area (Å²) in [5.74, 6) is 0.946. The van der Waals surface area contributed by atoms with Crippen molar-refractivity contribution in [3.63, 3.8) is 0 Å². The lowest BCUT2D eigenvalue weighted by Crippen LogP contribution is -2.00. The van der Waals surface area contributed by atoms with Crippen LogP contribution in [0.25, 0.3) is 0 Å². The number of nitriles is 1.